The number of amides is 1. The number of aliphatic imine (C=N–C) groups is 1. The minimum Gasteiger partial charge on any atom is -0.325 e. The number of rotatable bonds is 3. The van der Waals surface area contributed by atoms with Gasteiger partial charge in [-0.05, 0) is 42.8 Å². The van der Waals surface area contributed by atoms with Crippen LogP contribution in [0.3, 0.4) is 0 Å². The van der Waals surface area contributed by atoms with Gasteiger partial charge in [0.1, 0.15) is 4.38 Å². The number of halogens is 1. The van der Waals surface area contributed by atoms with Crippen molar-refractivity contribution in [3.8, 4) is 0 Å². The Bertz CT molecular complexity index is 747. The molecule has 2 aromatic carbocycles. The van der Waals surface area contributed by atoms with Gasteiger partial charge in [0.25, 0.3) is 0 Å². The molecule has 0 spiro atoms. The van der Waals surface area contributed by atoms with Crippen LogP contribution in [0.15, 0.2) is 53.5 Å². The van der Waals surface area contributed by atoms with Crippen molar-refractivity contribution in [2.24, 2.45) is 4.99 Å². The molecule has 1 N–H and O–H groups in total. The van der Waals surface area contributed by atoms with E-state index in [4.69, 9.17) is 11.6 Å². The van der Waals surface area contributed by atoms with Gasteiger partial charge in [0, 0.05) is 16.5 Å². The van der Waals surface area contributed by atoms with E-state index < -0.39 is 0 Å². The zero-order chi connectivity index (χ0) is 16.2. The molecule has 0 saturated heterocycles. The molecule has 0 bridgehead atoms. The Morgan fingerprint density at radius 2 is 2.00 bits per heavy atom. The van der Waals surface area contributed by atoms with Crippen LogP contribution in [-0.4, -0.2) is 15.5 Å². The van der Waals surface area contributed by atoms with Crippen LogP contribution < -0.4 is 5.32 Å². The minimum absolute atomic E-state index is 0.0421. The van der Waals surface area contributed by atoms with Gasteiger partial charge in [-0.2, -0.15) is 0 Å². The molecule has 0 aliphatic carbocycles. The first-order valence-electron chi connectivity index (χ1n) is 7.14. The zero-order valence-corrected chi connectivity index (χ0v) is 14.8. The third-order valence-electron chi connectivity index (χ3n) is 3.31. The maximum Gasteiger partial charge on any atom is 0.237 e. The van der Waals surface area contributed by atoms with Gasteiger partial charge in [0.2, 0.25) is 5.91 Å². The van der Waals surface area contributed by atoms with Crippen LogP contribution in [0.4, 0.5) is 11.4 Å². The molecule has 6 heteroatoms. The number of nitrogens with one attached hydrogen (secondary N) is 1. The van der Waals surface area contributed by atoms with Gasteiger partial charge in [-0.1, -0.05) is 53.3 Å². The summed E-state index contributed by atoms with van der Waals surface area (Å²) in [6.45, 7) is 1.89. The van der Waals surface area contributed by atoms with Gasteiger partial charge in [-0.3, -0.25) is 4.79 Å². The molecule has 23 heavy (non-hydrogen) atoms. The third kappa shape index (κ3) is 4.31. The van der Waals surface area contributed by atoms with Crippen LogP contribution >= 0.6 is 35.1 Å². The topological polar surface area (TPSA) is 41.5 Å². The van der Waals surface area contributed by atoms with Crippen LogP contribution in [0.5, 0.6) is 0 Å². The SMILES string of the molecule is C[C@H](SC1=Nc2ccccc2CS1)C(=O)Nc1ccc(Cl)cc1. The highest BCUT2D eigenvalue weighted by molar-refractivity contribution is 8.39. The standard InChI is InChI=1S/C17H15ClN2OS2/c1-11(16(21)19-14-8-6-13(18)7-9-14)23-17-20-15-5-3-2-4-12(15)10-22-17/h2-9,11H,10H2,1H3,(H,19,21)/t11-/m0/s1. The Hall–Kier alpha value is -1.43. The molecule has 0 saturated carbocycles. The van der Waals surface area contributed by atoms with Gasteiger partial charge in [0.15, 0.2) is 0 Å². The maximum absolute atomic E-state index is 12.3. The van der Waals surface area contributed by atoms with Gasteiger partial charge in [-0.25, -0.2) is 4.99 Å². The fraction of sp³-hybridized carbons (Fsp3) is 0.176. The fourth-order valence-corrected chi connectivity index (χ4v) is 4.37. The largest absolute Gasteiger partial charge is 0.325 e. The molecule has 0 radical (unpaired) electrons. The van der Waals surface area contributed by atoms with Crippen LogP contribution in [0.2, 0.25) is 5.02 Å². The Morgan fingerprint density at radius 3 is 2.78 bits per heavy atom. The van der Waals surface area contributed by atoms with E-state index in [2.05, 4.69) is 16.4 Å². The molecule has 3 rings (SSSR count). The lowest BCUT2D eigenvalue weighted by Gasteiger charge is -2.17. The van der Waals surface area contributed by atoms with Crippen LogP contribution in [0, 0.1) is 0 Å². The molecule has 3 nitrogen and oxygen atoms in total. The average Bonchev–Trinajstić information content (AvgIpc) is 2.56. The van der Waals surface area contributed by atoms with Gasteiger partial charge < -0.3 is 5.32 Å². The molecule has 2 aromatic rings. The van der Waals surface area contributed by atoms with Crippen molar-refractivity contribution in [1.29, 1.82) is 0 Å². The number of nitrogens with zero attached hydrogens (tertiary/aromatic N) is 1. The highest BCUT2D eigenvalue weighted by Gasteiger charge is 2.20. The number of carbonyl (C=O) groups excluding carboxylic acids is 1. The fourth-order valence-electron chi connectivity index (χ4n) is 2.05. The van der Waals surface area contributed by atoms with Crippen LogP contribution in [0.25, 0.3) is 0 Å². The van der Waals surface area contributed by atoms with Crippen molar-refractivity contribution in [3.63, 3.8) is 0 Å². The Balaban J connectivity index is 1.63. The summed E-state index contributed by atoms with van der Waals surface area (Å²) in [6, 6.07) is 15.2. The van der Waals surface area contributed by atoms with Crippen molar-refractivity contribution in [3.05, 3.63) is 59.1 Å². The predicted molar refractivity (Wildman–Crippen MR) is 102 cm³/mol. The number of thioether (sulfide) groups is 2. The molecule has 1 aliphatic rings. The molecule has 118 valence electrons. The summed E-state index contributed by atoms with van der Waals surface area (Å²) in [7, 11) is 0. The smallest absolute Gasteiger partial charge is 0.237 e. The predicted octanol–water partition coefficient (Wildman–Crippen LogP) is 5.33. The molecule has 0 unspecified atom stereocenters. The maximum atomic E-state index is 12.3. The quantitative estimate of drug-likeness (QED) is 0.801. The molecular weight excluding hydrogens is 348 g/mol. The lowest BCUT2D eigenvalue weighted by molar-refractivity contribution is -0.115. The highest BCUT2D eigenvalue weighted by Crippen LogP contribution is 2.35. The number of para-hydroxylation sites is 1. The summed E-state index contributed by atoms with van der Waals surface area (Å²) in [5.74, 6) is 0.854. The van der Waals surface area contributed by atoms with E-state index >= 15 is 0 Å². The summed E-state index contributed by atoms with van der Waals surface area (Å²) in [4.78, 5) is 16.9. The first-order valence-corrected chi connectivity index (χ1v) is 9.38. The number of fused-ring (bicyclic) bond motifs is 1. The Labute approximate surface area is 148 Å². The Kier molecular flexibility index (Phi) is 5.30. The second kappa shape index (κ2) is 7.43. The lowest BCUT2D eigenvalue weighted by Crippen LogP contribution is -2.23. The van der Waals surface area contributed by atoms with E-state index in [0.29, 0.717) is 5.02 Å². The number of benzene rings is 2. The van der Waals surface area contributed by atoms with E-state index in [9.17, 15) is 4.79 Å². The molecule has 0 fully saturated rings. The lowest BCUT2D eigenvalue weighted by atomic mass is 10.2. The number of hydrogen-bond donors (Lipinski definition) is 1. The summed E-state index contributed by atoms with van der Waals surface area (Å²) in [6.07, 6.45) is 0. The van der Waals surface area contributed by atoms with Crippen molar-refractivity contribution >= 4 is 56.8 Å². The Morgan fingerprint density at radius 1 is 1.26 bits per heavy atom. The first kappa shape index (κ1) is 16.4. The molecule has 1 atom stereocenters. The summed E-state index contributed by atoms with van der Waals surface area (Å²) >= 11 is 9.01. The summed E-state index contributed by atoms with van der Waals surface area (Å²) < 4.78 is 0.933. The molecule has 0 aromatic heterocycles. The number of anilines is 1. The average molecular weight is 363 g/mol. The second-order valence-corrected chi connectivity index (χ2v) is 8.04. The summed E-state index contributed by atoms with van der Waals surface area (Å²) in [5.41, 5.74) is 2.98. The third-order valence-corrected chi connectivity index (χ3v) is 5.86. The van der Waals surface area contributed by atoms with Gasteiger partial charge in [0.05, 0.1) is 10.9 Å². The summed E-state index contributed by atoms with van der Waals surface area (Å²) in [5, 5.41) is 3.32. The molecule has 1 amide bonds. The first-order chi connectivity index (χ1) is 11.1. The van der Waals surface area contributed by atoms with E-state index in [-0.39, 0.29) is 11.2 Å². The van der Waals surface area contributed by atoms with Crippen LogP contribution in [0.1, 0.15) is 12.5 Å². The van der Waals surface area contributed by atoms with Crippen molar-refractivity contribution in [1.82, 2.24) is 0 Å². The number of hydrogen-bond acceptors (Lipinski definition) is 4. The van der Waals surface area contributed by atoms with Crippen molar-refractivity contribution in [2.75, 3.05) is 5.32 Å². The molecule has 1 aliphatic heterocycles. The number of carbonyl (C=O) groups is 1. The van der Waals surface area contributed by atoms with Crippen LogP contribution in [-0.2, 0) is 10.5 Å². The molecular formula is C17H15ClN2OS2. The normalized spacial score (nSPS) is 14.6. The van der Waals surface area contributed by atoms with Gasteiger partial charge in [-0.15, -0.1) is 0 Å². The molecule has 1 heterocycles. The van der Waals surface area contributed by atoms with E-state index in [1.165, 1.54) is 17.3 Å². The van der Waals surface area contributed by atoms with Gasteiger partial charge >= 0.3 is 0 Å². The second-order valence-electron chi connectivity index (χ2n) is 5.05. The van der Waals surface area contributed by atoms with Crippen molar-refractivity contribution < 1.29 is 4.79 Å². The van der Waals surface area contributed by atoms with E-state index in [1.54, 1.807) is 36.0 Å². The van der Waals surface area contributed by atoms with Crippen molar-refractivity contribution in [2.45, 2.75) is 17.9 Å². The van der Waals surface area contributed by atoms with E-state index in [0.717, 1.165) is 21.5 Å². The van der Waals surface area contributed by atoms with E-state index in [1.807, 2.05) is 25.1 Å². The highest BCUT2D eigenvalue weighted by atomic mass is 35.5. The monoisotopic (exact) mass is 362 g/mol. The minimum atomic E-state index is -0.220. The zero-order valence-electron chi connectivity index (χ0n) is 12.5.